The number of nitrogens with zero attached hydrogens (tertiary/aromatic N) is 4. The number of amides is 2. The highest BCUT2D eigenvalue weighted by atomic mass is 19.1. The number of hydrogen-bond acceptors (Lipinski definition) is 5. The molecule has 1 aromatic carbocycles. The second kappa shape index (κ2) is 10.8. The molecule has 2 aliphatic heterocycles. The topological polar surface area (TPSA) is 76.9 Å². The first-order chi connectivity index (χ1) is 17.8. The fraction of sp³-hybridized carbons (Fsp3) is 0.607. The first kappa shape index (κ1) is 25.7. The van der Waals surface area contributed by atoms with Crippen molar-refractivity contribution in [2.45, 2.75) is 71.1 Å². The fourth-order valence-corrected chi connectivity index (χ4v) is 6.09. The smallest absolute Gasteiger partial charge is 0.274 e. The van der Waals surface area contributed by atoms with Crippen molar-refractivity contribution < 1.29 is 23.5 Å². The van der Waals surface area contributed by atoms with E-state index >= 15 is 0 Å². The summed E-state index contributed by atoms with van der Waals surface area (Å²) >= 11 is 0. The van der Waals surface area contributed by atoms with Crippen LogP contribution in [0.15, 0.2) is 18.2 Å². The quantitative estimate of drug-likeness (QED) is 0.594. The maximum atomic E-state index is 14.1. The third kappa shape index (κ3) is 5.51. The standard InChI is InChI=1S/C28H37FN4O4/c1-18-15-32(16-19(2)37-18)28(35)27-22-5-4-6-24(22)33(30-27)17-26(34)31-11-9-20(10-12-31)13-21-7-8-25(36-3)23(29)14-21/h7-8,14,18-20H,4-6,9-13,15-17H2,1-3H3/t18-,19+. The second-order valence-electron chi connectivity index (χ2n) is 10.7. The first-order valence-corrected chi connectivity index (χ1v) is 13.5. The lowest BCUT2D eigenvalue weighted by Gasteiger charge is -2.35. The number of hydrogen-bond donors (Lipinski definition) is 0. The van der Waals surface area contributed by atoms with E-state index in [9.17, 15) is 14.0 Å². The van der Waals surface area contributed by atoms with Gasteiger partial charge in [0.1, 0.15) is 6.54 Å². The average molecular weight is 513 g/mol. The lowest BCUT2D eigenvalue weighted by atomic mass is 9.90. The Kier molecular flexibility index (Phi) is 7.51. The van der Waals surface area contributed by atoms with E-state index in [0.717, 1.165) is 55.3 Å². The third-order valence-electron chi connectivity index (χ3n) is 7.91. The summed E-state index contributed by atoms with van der Waals surface area (Å²) in [5.41, 5.74) is 3.50. The molecule has 37 heavy (non-hydrogen) atoms. The Balaban J connectivity index is 1.20. The number of methoxy groups -OCH3 is 1. The monoisotopic (exact) mass is 512 g/mol. The van der Waals surface area contributed by atoms with E-state index in [2.05, 4.69) is 5.10 Å². The van der Waals surface area contributed by atoms with Gasteiger partial charge in [-0.25, -0.2) is 4.39 Å². The molecule has 9 heteroatoms. The zero-order valence-electron chi connectivity index (χ0n) is 22.0. The van der Waals surface area contributed by atoms with Crippen LogP contribution in [0, 0.1) is 11.7 Å². The molecule has 1 aromatic heterocycles. The molecule has 5 rings (SSSR count). The molecule has 2 aromatic rings. The van der Waals surface area contributed by atoms with Crippen molar-refractivity contribution >= 4 is 11.8 Å². The summed E-state index contributed by atoms with van der Waals surface area (Å²) in [6.45, 7) is 6.61. The van der Waals surface area contributed by atoms with Gasteiger partial charge in [-0.2, -0.15) is 5.10 Å². The lowest BCUT2D eigenvalue weighted by Crippen LogP contribution is -2.48. The van der Waals surface area contributed by atoms with Gasteiger partial charge in [-0.15, -0.1) is 0 Å². The number of carbonyl (C=O) groups is 2. The Labute approximate surface area is 217 Å². The number of morpholine rings is 1. The van der Waals surface area contributed by atoms with Gasteiger partial charge in [-0.1, -0.05) is 6.07 Å². The molecule has 0 bridgehead atoms. The van der Waals surface area contributed by atoms with Gasteiger partial charge in [0.25, 0.3) is 5.91 Å². The van der Waals surface area contributed by atoms with E-state index in [1.807, 2.05) is 29.7 Å². The van der Waals surface area contributed by atoms with Gasteiger partial charge in [0, 0.05) is 37.4 Å². The predicted molar refractivity (Wildman–Crippen MR) is 136 cm³/mol. The molecule has 1 aliphatic carbocycles. The molecular weight excluding hydrogens is 475 g/mol. The Morgan fingerprint density at radius 2 is 1.84 bits per heavy atom. The highest BCUT2D eigenvalue weighted by Gasteiger charge is 2.33. The second-order valence-corrected chi connectivity index (χ2v) is 10.7. The van der Waals surface area contributed by atoms with Crippen LogP contribution in [0.2, 0.25) is 0 Å². The molecule has 2 amide bonds. The zero-order valence-corrected chi connectivity index (χ0v) is 22.0. The normalized spacial score (nSPS) is 22.3. The summed E-state index contributed by atoms with van der Waals surface area (Å²) in [6, 6.07) is 5.13. The molecule has 0 unspecified atom stereocenters. The molecule has 8 nitrogen and oxygen atoms in total. The number of fused-ring (bicyclic) bond motifs is 1. The van der Waals surface area contributed by atoms with E-state index < -0.39 is 0 Å². The van der Waals surface area contributed by atoms with Gasteiger partial charge >= 0.3 is 0 Å². The fourth-order valence-electron chi connectivity index (χ4n) is 6.09. The van der Waals surface area contributed by atoms with Gasteiger partial charge in [0.15, 0.2) is 17.3 Å². The van der Waals surface area contributed by atoms with Gasteiger partial charge in [-0.3, -0.25) is 14.3 Å². The molecule has 2 saturated heterocycles. The van der Waals surface area contributed by atoms with Gasteiger partial charge in [-0.05, 0) is 76.0 Å². The van der Waals surface area contributed by atoms with Crippen molar-refractivity contribution in [2.75, 3.05) is 33.3 Å². The Hall–Kier alpha value is -2.94. The van der Waals surface area contributed by atoms with Crippen molar-refractivity contribution in [3.8, 4) is 5.75 Å². The average Bonchev–Trinajstić information content (AvgIpc) is 3.47. The summed E-state index contributed by atoms with van der Waals surface area (Å²) in [7, 11) is 1.46. The predicted octanol–water partition coefficient (Wildman–Crippen LogP) is 3.25. The highest BCUT2D eigenvalue weighted by Crippen LogP contribution is 2.28. The van der Waals surface area contributed by atoms with Crippen molar-refractivity contribution in [2.24, 2.45) is 5.92 Å². The molecule has 0 saturated carbocycles. The first-order valence-electron chi connectivity index (χ1n) is 13.5. The molecule has 0 N–H and O–H groups in total. The van der Waals surface area contributed by atoms with Gasteiger partial charge in [0.2, 0.25) is 5.91 Å². The summed E-state index contributed by atoms with van der Waals surface area (Å²) in [5, 5.41) is 4.68. The molecular formula is C28H37FN4O4. The van der Waals surface area contributed by atoms with Crippen LogP contribution in [0.4, 0.5) is 4.39 Å². The van der Waals surface area contributed by atoms with Crippen LogP contribution >= 0.6 is 0 Å². The number of piperidine rings is 1. The molecule has 2 fully saturated rings. The summed E-state index contributed by atoms with van der Waals surface area (Å²) < 4.78 is 26.6. The number of carbonyl (C=O) groups excluding carboxylic acids is 2. The maximum Gasteiger partial charge on any atom is 0.274 e. The molecule has 200 valence electrons. The van der Waals surface area contributed by atoms with Crippen molar-refractivity contribution in [1.82, 2.24) is 19.6 Å². The van der Waals surface area contributed by atoms with E-state index in [4.69, 9.17) is 9.47 Å². The maximum absolute atomic E-state index is 14.1. The molecule has 2 atom stereocenters. The minimum absolute atomic E-state index is 0.00363. The van der Waals surface area contributed by atoms with Crippen molar-refractivity contribution in [1.29, 1.82) is 0 Å². The van der Waals surface area contributed by atoms with Crippen LogP contribution in [-0.4, -0.2) is 76.9 Å². The van der Waals surface area contributed by atoms with E-state index in [1.165, 1.54) is 7.11 Å². The Morgan fingerprint density at radius 3 is 2.51 bits per heavy atom. The van der Waals surface area contributed by atoms with E-state index in [1.54, 1.807) is 16.8 Å². The molecule has 0 radical (unpaired) electrons. The number of benzene rings is 1. The number of ether oxygens (including phenoxy) is 2. The summed E-state index contributed by atoms with van der Waals surface area (Å²) in [4.78, 5) is 30.3. The molecule has 0 spiro atoms. The zero-order chi connectivity index (χ0) is 26.1. The SMILES string of the molecule is COc1ccc(CC2CCN(C(=O)Cn3nc(C(=O)N4C[C@@H](C)O[C@@H](C)C4)c4c3CCC4)CC2)cc1F. The Bertz CT molecular complexity index is 1150. The van der Waals surface area contributed by atoms with Crippen molar-refractivity contribution in [3.63, 3.8) is 0 Å². The van der Waals surface area contributed by atoms with Crippen LogP contribution in [0.1, 0.15) is 60.4 Å². The minimum Gasteiger partial charge on any atom is -0.494 e. The highest BCUT2D eigenvalue weighted by molar-refractivity contribution is 5.94. The van der Waals surface area contributed by atoms with Crippen LogP contribution in [0.5, 0.6) is 5.75 Å². The number of rotatable bonds is 6. The van der Waals surface area contributed by atoms with Crippen LogP contribution in [0.25, 0.3) is 0 Å². The minimum atomic E-state index is -0.338. The number of likely N-dealkylation sites (tertiary alicyclic amines) is 1. The molecule has 3 aliphatic rings. The van der Waals surface area contributed by atoms with E-state index in [0.29, 0.717) is 37.8 Å². The van der Waals surface area contributed by atoms with Crippen LogP contribution < -0.4 is 4.74 Å². The van der Waals surface area contributed by atoms with Gasteiger partial charge < -0.3 is 19.3 Å². The Morgan fingerprint density at radius 1 is 1.11 bits per heavy atom. The number of halogens is 1. The van der Waals surface area contributed by atoms with Crippen LogP contribution in [0.3, 0.4) is 0 Å². The summed E-state index contributed by atoms with van der Waals surface area (Å²) in [5.74, 6) is 0.317. The number of aromatic nitrogens is 2. The molecule has 3 heterocycles. The third-order valence-corrected chi connectivity index (χ3v) is 7.91. The van der Waals surface area contributed by atoms with E-state index in [-0.39, 0.29) is 42.1 Å². The lowest BCUT2D eigenvalue weighted by molar-refractivity contribution is -0.133. The van der Waals surface area contributed by atoms with Crippen molar-refractivity contribution in [3.05, 3.63) is 46.5 Å². The van der Waals surface area contributed by atoms with Gasteiger partial charge in [0.05, 0.1) is 19.3 Å². The summed E-state index contributed by atoms with van der Waals surface area (Å²) in [6.07, 6.45) is 5.21. The van der Waals surface area contributed by atoms with Crippen LogP contribution in [-0.2, 0) is 35.3 Å². The largest absolute Gasteiger partial charge is 0.494 e.